The van der Waals surface area contributed by atoms with E-state index in [-0.39, 0.29) is 11.8 Å². The second-order valence-electron chi connectivity index (χ2n) is 5.51. The number of hydrogen-bond donors (Lipinski definition) is 1. The predicted octanol–water partition coefficient (Wildman–Crippen LogP) is 3.63. The SMILES string of the molecule is CCC(C)(NC(=O)C(C)Cc1ccc(Cl)cc1Cl)C(=O)OC. The van der Waals surface area contributed by atoms with E-state index in [1.165, 1.54) is 7.11 Å². The molecule has 0 saturated heterocycles. The number of rotatable bonds is 6. The lowest BCUT2D eigenvalue weighted by Crippen LogP contribution is -2.53. The van der Waals surface area contributed by atoms with Crippen molar-refractivity contribution in [2.75, 3.05) is 7.11 Å². The fourth-order valence-corrected chi connectivity index (χ4v) is 2.50. The number of halogens is 2. The van der Waals surface area contributed by atoms with Crippen molar-refractivity contribution in [1.29, 1.82) is 0 Å². The van der Waals surface area contributed by atoms with Crippen LogP contribution in [0.15, 0.2) is 18.2 Å². The normalized spacial score (nSPS) is 14.8. The highest BCUT2D eigenvalue weighted by molar-refractivity contribution is 6.35. The van der Waals surface area contributed by atoms with Gasteiger partial charge in [0.1, 0.15) is 5.54 Å². The van der Waals surface area contributed by atoms with E-state index in [0.717, 1.165) is 5.56 Å². The summed E-state index contributed by atoms with van der Waals surface area (Å²) in [6.45, 7) is 5.25. The van der Waals surface area contributed by atoms with Crippen LogP contribution in [0.25, 0.3) is 0 Å². The molecule has 0 fully saturated rings. The Kier molecular flexibility index (Phi) is 6.69. The third kappa shape index (κ3) is 4.62. The van der Waals surface area contributed by atoms with Crippen LogP contribution in [-0.4, -0.2) is 24.5 Å². The van der Waals surface area contributed by atoms with E-state index in [1.54, 1.807) is 32.0 Å². The Morgan fingerprint density at radius 3 is 2.50 bits per heavy atom. The average Bonchev–Trinajstić information content (AvgIpc) is 2.48. The molecule has 0 radical (unpaired) electrons. The van der Waals surface area contributed by atoms with Crippen molar-refractivity contribution in [3.8, 4) is 0 Å². The molecule has 22 heavy (non-hydrogen) atoms. The molecule has 0 aromatic heterocycles. The highest BCUT2D eigenvalue weighted by atomic mass is 35.5. The third-order valence-electron chi connectivity index (χ3n) is 3.73. The molecule has 1 aromatic rings. The van der Waals surface area contributed by atoms with Gasteiger partial charge in [0.2, 0.25) is 5.91 Å². The summed E-state index contributed by atoms with van der Waals surface area (Å²) in [6.07, 6.45) is 0.905. The largest absolute Gasteiger partial charge is 0.467 e. The van der Waals surface area contributed by atoms with Crippen LogP contribution in [0.4, 0.5) is 0 Å². The van der Waals surface area contributed by atoms with Gasteiger partial charge in [-0.1, -0.05) is 43.1 Å². The maximum absolute atomic E-state index is 12.3. The molecule has 1 aromatic carbocycles. The Balaban J connectivity index is 2.78. The molecule has 6 heteroatoms. The highest BCUT2D eigenvalue weighted by Crippen LogP contribution is 2.24. The van der Waals surface area contributed by atoms with E-state index >= 15 is 0 Å². The number of esters is 1. The summed E-state index contributed by atoms with van der Waals surface area (Å²) in [5, 5.41) is 3.84. The maximum Gasteiger partial charge on any atom is 0.331 e. The Bertz CT molecular complexity index is 562. The van der Waals surface area contributed by atoms with Gasteiger partial charge in [-0.05, 0) is 37.5 Å². The van der Waals surface area contributed by atoms with Crippen LogP contribution in [0.3, 0.4) is 0 Å². The predicted molar refractivity (Wildman–Crippen MR) is 88.2 cm³/mol. The van der Waals surface area contributed by atoms with Crippen LogP contribution >= 0.6 is 23.2 Å². The zero-order valence-corrected chi connectivity index (χ0v) is 14.7. The maximum atomic E-state index is 12.3. The van der Waals surface area contributed by atoms with Crippen LogP contribution < -0.4 is 5.32 Å². The zero-order valence-electron chi connectivity index (χ0n) is 13.2. The Hall–Kier alpha value is -1.26. The van der Waals surface area contributed by atoms with Crippen LogP contribution in [0.1, 0.15) is 32.8 Å². The minimum atomic E-state index is -1.02. The second-order valence-corrected chi connectivity index (χ2v) is 6.35. The molecule has 1 amide bonds. The quantitative estimate of drug-likeness (QED) is 0.801. The number of nitrogens with one attached hydrogen (secondary N) is 1. The van der Waals surface area contributed by atoms with E-state index in [4.69, 9.17) is 27.9 Å². The van der Waals surface area contributed by atoms with E-state index < -0.39 is 11.5 Å². The molecule has 0 spiro atoms. The van der Waals surface area contributed by atoms with Gasteiger partial charge in [0.25, 0.3) is 0 Å². The first-order valence-corrected chi connectivity index (χ1v) is 7.83. The third-order valence-corrected chi connectivity index (χ3v) is 4.32. The minimum Gasteiger partial charge on any atom is -0.467 e. The molecule has 0 aliphatic rings. The Morgan fingerprint density at radius 1 is 1.36 bits per heavy atom. The Morgan fingerprint density at radius 2 is 2.00 bits per heavy atom. The summed E-state index contributed by atoms with van der Waals surface area (Å²) in [5.74, 6) is -1.02. The summed E-state index contributed by atoms with van der Waals surface area (Å²) in [7, 11) is 1.30. The molecule has 0 aliphatic carbocycles. The van der Waals surface area contributed by atoms with Gasteiger partial charge in [-0.3, -0.25) is 4.79 Å². The lowest BCUT2D eigenvalue weighted by molar-refractivity contribution is -0.150. The van der Waals surface area contributed by atoms with Crippen LogP contribution in [0.2, 0.25) is 10.0 Å². The van der Waals surface area contributed by atoms with Gasteiger partial charge in [-0.2, -0.15) is 0 Å². The summed E-state index contributed by atoms with van der Waals surface area (Å²) < 4.78 is 4.75. The molecule has 2 atom stereocenters. The summed E-state index contributed by atoms with van der Waals surface area (Å²) in [5.41, 5.74) is -0.186. The molecule has 1 N–H and O–H groups in total. The summed E-state index contributed by atoms with van der Waals surface area (Å²) >= 11 is 12.0. The van der Waals surface area contributed by atoms with Crippen LogP contribution in [0, 0.1) is 5.92 Å². The highest BCUT2D eigenvalue weighted by Gasteiger charge is 2.35. The topological polar surface area (TPSA) is 55.4 Å². The van der Waals surface area contributed by atoms with Crippen molar-refractivity contribution in [1.82, 2.24) is 5.32 Å². The van der Waals surface area contributed by atoms with Gasteiger partial charge in [0.05, 0.1) is 7.11 Å². The van der Waals surface area contributed by atoms with E-state index in [1.807, 2.05) is 6.92 Å². The van der Waals surface area contributed by atoms with Crippen molar-refractivity contribution in [3.05, 3.63) is 33.8 Å². The van der Waals surface area contributed by atoms with E-state index in [0.29, 0.717) is 22.9 Å². The number of benzene rings is 1. The number of ether oxygens (including phenoxy) is 1. The molecule has 2 unspecified atom stereocenters. The lowest BCUT2D eigenvalue weighted by atomic mass is 9.95. The second kappa shape index (κ2) is 7.84. The molecule has 0 bridgehead atoms. The molecule has 122 valence electrons. The molecule has 1 rings (SSSR count). The molecule has 0 aliphatic heterocycles. The molecular weight excluding hydrogens is 325 g/mol. The smallest absolute Gasteiger partial charge is 0.331 e. The number of carbonyl (C=O) groups is 2. The number of amides is 1. The fourth-order valence-electron chi connectivity index (χ4n) is 2.01. The number of carbonyl (C=O) groups excluding carboxylic acids is 2. The first-order valence-electron chi connectivity index (χ1n) is 7.08. The standard InChI is InChI=1S/C16H21Cl2NO3/c1-5-16(3,15(21)22-4)19-14(20)10(2)8-11-6-7-12(17)9-13(11)18/h6-7,9-10H,5,8H2,1-4H3,(H,19,20). The molecule has 4 nitrogen and oxygen atoms in total. The van der Waals surface area contributed by atoms with E-state index in [2.05, 4.69) is 5.32 Å². The van der Waals surface area contributed by atoms with Crippen molar-refractivity contribution >= 4 is 35.1 Å². The van der Waals surface area contributed by atoms with Gasteiger partial charge in [-0.25, -0.2) is 4.79 Å². The van der Waals surface area contributed by atoms with Gasteiger partial charge in [0, 0.05) is 16.0 Å². The van der Waals surface area contributed by atoms with Crippen molar-refractivity contribution in [2.45, 2.75) is 39.2 Å². The average molecular weight is 346 g/mol. The number of hydrogen-bond acceptors (Lipinski definition) is 3. The van der Waals surface area contributed by atoms with Crippen molar-refractivity contribution in [2.24, 2.45) is 5.92 Å². The summed E-state index contributed by atoms with van der Waals surface area (Å²) in [4.78, 5) is 24.1. The van der Waals surface area contributed by atoms with Crippen molar-refractivity contribution < 1.29 is 14.3 Å². The molecule has 0 heterocycles. The van der Waals surface area contributed by atoms with Gasteiger partial charge >= 0.3 is 5.97 Å². The first kappa shape index (κ1) is 18.8. The van der Waals surface area contributed by atoms with Gasteiger partial charge < -0.3 is 10.1 Å². The van der Waals surface area contributed by atoms with E-state index in [9.17, 15) is 9.59 Å². The molecular formula is C16H21Cl2NO3. The van der Waals surface area contributed by atoms with Crippen LogP contribution in [-0.2, 0) is 20.7 Å². The van der Waals surface area contributed by atoms with Crippen molar-refractivity contribution in [3.63, 3.8) is 0 Å². The number of methoxy groups -OCH3 is 1. The minimum absolute atomic E-state index is 0.222. The first-order chi connectivity index (χ1) is 10.2. The van der Waals surface area contributed by atoms with Gasteiger partial charge in [-0.15, -0.1) is 0 Å². The van der Waals surface area contributed by atoms with Crippen LogP contribution in [0.5, 0.6) is 0 Å². The zero-order chi connectivity index (χ0) is 16.9. The Labute approximate surface area is 141 Å². The monoisotopic (exact) mass is 345 g/mol. The lowest BCUT2D eigenvalue weighted by Gasteiger charge is -2.28. The fraction of sp³-hybridized carbons (Fsp3) is 0.500. The summed E-state index contributed by atoms with van der Waals surface area (Å²) in [6, 6.07) is 5.18. The molecule has 0 saturated carbocycles. The van der Waals surface area contributed by atoms with Gasteiger partial charge in [0.15, 0.2) is 0 Å².